The third-order valence-electron chi connectivity index (χ3n) is 2.61. The number of benzene rings is 2. The lowest BCUT2D eigenvalue weighted by Gasteiger charge is -1.94. The number of hydrogen-bond acceptors (Lipinski definition) is 0. The SMILES string of the molecule is C.c1ccc(-c2cc3ccccc3[nH]2)cc1. The normalized spacial score (nSPS) is 10.0. The van der Waals surface area contributed by atoms with E-state index >= 15 is 0 Å². The molecule has 0 radical (unpaired) electrons. The van der Waals surface area contributed by atoms with Gasteiger partial charge < -0.3 is 4.98 Å². The molecule has 0 saturated heterocycles. The fourth-order valence-corrected chi connectivity index (χ4v) is 1.85. The van der Waals surface area contributed by atoms with Crippen LogP contribution in [0.1, 0.15) is 7.43 Å². The van der Waals surface area contributed by atoms with Gasteiger partial charge in [-0.15, -0.1) is 0 Å². The van der Waals surface area contributed by atoms with E-state index in [1.807, 2.05) is 12.1 Å². The minimum atomic E-state index is 0. The van der Waals surface area contributed by atoms with Gasteiger partial charge in [-0.1, -0.05) is 56.0 Å². The van der Waals surface area contributed by atoms with Crippen LogP contribution in [-0.4, -0.2) is 4.98 Å². The lowest BCUT2D eigenvalue weighted by atomic mass is 10.1. The van der Waals surface area contributed by atoms with Crippen molar-refractivity contribution in [3.8, 4) is 11.3 Å². The number of nitrogens with one attached hydrogen (secondary N) is 1. The molecule has 0 saturated carbocycles. The van der Waals surface area contributed by atoms with Crippen molar-refractivity contribution >= 4 is 10.9 Å². The number of aromatic amines is 1. The van der Waals surface area contributed by atoms with E-state index in [0.29, 0.717) is 0 Å². The Morgan fingerprint density at radius 1 is 0.750 bits per heavy atom. The molecule has 3 rings (SSSR count). The second-order valence-electron chi connectivity index (χ2n) is 3.64. The van der Waals surface area contributed by atoms with Crippen LogP contribution in [0.2, 0.25) is 0 Å². The summed E-state index contributed by atoms with van der Waals surface area (Å²) in [6.45, 7) is 0. The first kappa shape index (κ1) is 10.5. The number of rotatable bonds is 1. The quantitative estimate of drug-likeness (QED) is 0.608. The Hall–Kier alpha value is -2.02. The molecule has 1 heteroatoms. The van der Waals surface area contributed by atoms with Gasteiger partial charge in [0.1, 0.15) is 0 Å². The predicted octanol–water partition coefficient (Wildman–Crippen LogP) is 4.47. The van der Waals surface area contributed by atoms with E-state index in [0.717, 1.165) is 0 Å². The average molecular weight is 209 g/mol. The highest BCUT2D eigenvalue weighted by Crippen LogP contribution is 2.23. The molecule has 1 N–H and O–H groups in total. The van der Waals surface area contributed by atoms with Gasteiger partial charge in [-0.25, -0.2) is 0 Å². The zero-order chi connectivity index (χ0) is 10.1. The van der Waals surface area contributed by atoms with Gasteiger partial charge in [-0.2, -0.15) is 0 Å². The van der Waals surface area contributed by atoms with Gasteiger partial charge in [-0.05, 0) is 17.7 Å². The Balaban J connectivity index is 0.000000963. The van der Waals surface area contributed by atoms with Crippen molar-refractivity contribution in [1.29, 1.82) is 0 Å². The topological polar surface area (TPSA) is 15.8 Å². The molecular weight excluding hydrogens is 194 g/mol. The fourth-order valence-electron chi connectivity index (χ4n) is 1.85. The lowest BCUT2D eigenvalue weighted by Crippen LogP contribution is -1.74. The summed E-state index contributed by atoms with van der Waals surface area (Å²) in [5.74, 6) is 0. The van der Waals surface area contributed by atoms with Crippen LogP contribution < -0.4 is 0 Å². The third-order valence-corrected chi connectivity index (χ3v) is 2.61. The Morgan fingerprint density at radius 3 is 2.19 bits per heavy atom. The number of H-pyrrole nitrogens is 1. The molecule has 0 unspecified atom stereocenters. The summed E-state index contributed by atoms with van der Waals surface area (Å²) in [4.78, 5) is 3.41. The van der Waals surface area contributed by atoms with Crippen molar-refractivity contribution < 1.29 is 0 Å². The minimum Gasteiger partial charge on any atom is -0.355 e. The molecule has 16 heavy (non-hydrogen) atoms. The maximum absolute atomic E-state index is 3.41. The van der Waals surface area contributed by atoms with Crippen molar-refractivity contribution in [2.45, 2.75) is 7.43 Å². The van der Waals surface area contributed by atoms with Gasteiger partial charge in [-0.3, -0.25) is 0 Å². The van der Waals surface area contributed by atoms with E-state index in [1.165, 1.54) is 22.2 Å². The van der Waals surface area contributed by atoms with Crippen LogP contribution in [0, 0.1) is 0 Å². The van der Waals surface area contributed by atoms with E-state index in [9.17, 15) is 0 Å². The summed E-state index contributed by atoms with van der Waals surface area (Å²) in [5.41, 5.74) is 3.60. The molecule has 0 amide bonds. The summed E-state index contributed by atoms with van der Waals surface area (Å²) in [7, 11) is 0. The van der Waals surface area contributed by atoms with Gasteiger partial charge in [0.05, 0.1) is 0 Å². The highest BCUT2D eigenvalue weighted by molar-refractivity contribution is 5.85. The van der Waals surface area contributed by atoms with E-state index in [-0.39, 0.29) is 7.43 Å². The standard InChI is InChI=1S/C14H11N.CH4/c1-2-6-11(7-3-1)14-10-12-8-4-5-9-13(12)15-14;/h1-10,15H;1H4. The Bertz CT molecular complexity index is 545. The third kappa shape index (κ3) is 1.72. The summed E-state index contributed by atoms with van der Waals surface area (Å²) < 4.78 is 0. The maximum Gasteiger partial charge on any atom is 0.0464 e. The lowest BCUT2D eigenvalue weighted by molar-refractivity contribution is 1.45. The Labute approximate surface area is 95.8 Å². The molecule has 80 valence electrons. The van der Waals surface area contributed by atoms with Crippen LogP contribution in [0.3, 0.4) is 0 Å². The molecule has 0 atom stereocenters. The van der Waals surface area contributed by atoms with Crippen LogP contribution in [-0.2, 0) is 0 Å². The second-order valence-corrected chi connectivity index (χ2v) is 3.64. The number of hydrogen-bond donors (Lipinski definition) is 1. The second kappa shape index (κ2) is 4.23. The molecule has 1 aromatic heterocycles. The van der Waals surface area contributed by atoms with Crippen molar-refractivity contribution in [3.05, 3.63) is 60.7 Å². The monoisotopic (exact) mass is 209 g/mol. The van der Waals surface area contributed by atoms with Gasteiger partial charge in [0.15, 0.2) is 0 Å². The first-order valence-electron chi connectivity index (χ1n) is 5.07. The molecule has 0 aliphatic rings. The van der Waals surface area contributed by atoms with Gasteiger partial charge in [0, 0.05) is 16.6 Å². The van der Waals surface area contributed by atoms with E-state index in [4.69, 9.17) is 0 Å². The number of aromatic nitrogens is 1. The van der Waals surface area contributed by atoms with E-state index in [1.54, 1.807) is 0 Å². The Kier molecular flexibility index (Phi) is 2.78. The predicted molar refractivity (Wildman–Crippen MR) is 70.5 cm³/mol. The molecular formula is C15H15N. The number of para-hydroxylation sites is 1. The smallest absolute Gasteiger partial charge is 0.0464 e. The molecule has 1 nitrogen and oxygen atoms in total. The van der Waals surface area contributed by atoms with Crippen molar-refractivity contribution in [2.75, 3.05) is 0 Å². The van der Waals surface area contributed by atoms with Gasteiger partial charge >= 0.3 is 0 Å². The number of fused-ring (bicyclic) bond motifs is 1. The molecule has 0 bridgehead atoms. The zero-order valence-corrected chi connectivity index (χ0v) is 8.27. The zero-order valence-electron chi connectivity index (χ0n) is 8.27. The molecule has 0 aliphatic carbocycles. The van der Waals surface area contributed by atoms with Gasteiger partial charge in [0.25, 0.3) is 0 Å². The first-order valence-corrected chi connectivity index (χ1v) is 5.07. The maximum atomic E-state index is 3.41. The molecule has 0 spiro atoms. The van der Waals surface area contributed by atoms with E-state index < -0.39 is 0 Å². The van der Waals surface area contributed by atoms with Crippen LogP contribution >= 0.6 is 0 Å². The average Bonchev–Trinajstić information content (AvgIpc) is 2.74. The highest BCUT2D eigenvalue weighted by Gasteiger charge is 2.00. The molecule has 1 heterocycles. The Morgan fingerprint density at radius 2 is 1.44 bits per heavy atom. The van der Waals surface area contributed by atoms with Gasteiger partial charge in [0.2, 0.25) is 0 Å². The summed E-state index contributed by atoms with van der Waals surface area (Å²) in [5, 5.41) is 1.26. The van der Waals surface area contributed by atoms with Crippen molar-refractivity contribution in [2.24, 2.45) is 0 Å². The van der Waals surface area contributed by atoms with Crippen LogP contribution in [0.5, 0.6) is 0 Å². The molecule has 0 aliphatic heterocycles. The molecule has 0 fully saturated rings. The molecule has 2 aromatic carbocycles. The highest BCUT2D eigenvalue weighted by atomic mass is 14.7. The summed E-state index contributed by atoms with van der Waals surface area (Å²) in [6.07, 6.45) is 0. The summed E-state index contributed by atoms with van der Waals surface area (Å²) in [6, 6.07) is 20.9. The minimum absolute atomic E-state index is 0. The van der Waals surface area contributed by atoms with Crippen LogP contribution in [0.15, 0.2) is 60.7 Å². The van der Waals surface area contributed by atoms with Crippen LogP contribution in [0.25, 0.3) is 22.2 Å². The van der Waals surface area contributed by atoms with Crippen molar-refractivity contribution in [3.63, 3.8) is 0 Å². The first-order chi connectivity index (χ1) is 7.43. The van der Waals surface area contributed by atoms with Crippen molar-refractivity contribution in [1.82, 2.24) is 4.98 Å². The largest absolute Gasteiger partial charge is 0.355 e. The van der Waals surface area contributed by atoms with Crippen LogP contribution in [0.4, 0.5) is 0 Å². The van der Waals surface area contributed by atoms with E-state index in [2.05, 4.69) is 53.5 Å². The molecule has 3 aromatic rings. The fraction of sp³-hybridized carbons (Fsp3) is 0.0667. The summed E-state index contributed by atoms with van der Waals surface area (Å²) >= 11 is 0.